The smallest absolute Gasteiger partial charge is 0.0449 e. The topological polar surface area (TPSA) is 0 Å². The summed E-state index contributed by atoms with van der Waals surface area (Å²) in [4.78, 5) is 0. The first-order valence-corrected chi connectivity index (χ1v) is 8.41. The molecule has 2 aromatic rings. The minimum Gasteiger partial charge on any atom is -0.126 e. The van der Waals surface area contributed by atoms with Gasteiger partial charge in [0.1, 0.15) is 0 Å². The molecule has 0 spiro atoms. The summed E-state index contributed by atoms with van der Waals surface area (Å²) in [6, 6.07) is 13.9. The van der Waals surface area contributed by atoms with Crippen LogP contribution < -0.4 is 0 Å². The summed E-state index contributed by atoms with van der Waals surface area (Å²) in [5, 5.41) is 1.54. The number of hydrogen-bond acceptors (Lipinski definition) is 0. The third kappa shape index (κ3) is 4.66. The molecule has 2 aromatic carbocycles. The third-order valence-electron chi connectivity index (χ3n) is 3.16. The molecule has 1 unspecified atom stereocenters. The number of alkyl halides is 1. The van der Waals surface area contributed by atoms with Crippen LogP contribution in [-0.2, 0) is 12.8 Å². The normalized spacial score (nSPS) is 12.4. The molecular formula is C16H14BrCl3. The average molecular weight is 393 g/mol. The van der Waals surface area contributed by atoms with Crippen molar-refractivity contribution >= 4 is 50.7 Å². The number of benzene rings is 2. The van der Waals surface area contributed by atoms with Crippen molar-refractivity contribution in [2.24, 2.45) is 5.92 Å². The minimum absolute atomic E-state index is 0.341. The Kier molecular flexibility index (Phi) is 6.22. The Balaban J connectivity index is 2.09. The zero-order valence-electron chi connectivity index (χ0n) is 10.8. The van der Waals surface area contributed by atoms with E-state index in [2.05, 4.69) is 22.0 Å². The van der Waals surface area contributed by atoms with Gasteiger partial charge >= 0.3 is 0 Å². The van der Waals surface area contributed by atoms with Crippen molar-refractivity contribution in [3.05, 3.63) is 68.1 Å². The van der Waals surface area contributed by atoms with E-state index in [0.29, 0.717) is 11.8 Å². The van der Waals surface area contributed by atoms with Gasteiger partial charge in [0.15, 0.2) is 0 Å². The zero-order valence-corrected chi connectivity index (χ0v) is 14.6. The molecule has 0 heterocycles. The Morgan fingerprint density at radius 2 is 1.80 bits per heavy atom. The van der Waals surface area contributed by atoms with Crippen molar-refractivity contribution in [1.29, 1.82) is 0 Å². The molecule has 0 saturated carbocycles. The molecule has 0 radical (unpaired) electrons. The van der Waals surface area contributed by atoms with E-state index in [1.165, 1.54) is 5.56 Å². The molecule has 0 bridgehead atoms. The molecule has 1 atom stereocenters. The van der Waals surface area contributed by atoms with Crippen molar-refractivity contribution in [2.45, 2.75) is 12.8 Å². The highest BCUT2D eigenvalue weighted by molar-refractivity contribution is 9.10. The lowest BCUT2D eigenvalue weighted by Crippen LogP contribution is -2.10. The fourth-order valence-corrected chi connectivity index (χ4v) is 3.36. The molecule has 0 aliphatic rings. The van der Waals surface area contributed by atoms with Crippen molar-refractivity contribution < 1.29 is 0 Å². The van der Waals surface area contributed by atoms with Crippen LogP contribution in [0.3, 0.4) is 0 Å². The Labute approximate surface area is 143 Å². The van der Waals surface area contributed by atoms with E-state index >= 15 is 0 Å². The molecule has 0 fully saturated rings. The van der Waals surface area contributed by atoms with Crippen LogP contribution in [0.1, 0.15) is 11.1 Å². The van der Waals surface area contributed by atoms with Gasteiger partial charge in [-0.15, -0.1) is 11.6 Å². The molecule has 0 N–H and O–H groups in total. The Morgan fingerprint density at radius 3 is 2.45 bits per heavy atom. The quantitative estimate of drug-likeness (QED) is 0.517. The molecular weight excluding hydrogens is 378 g/mol. The van der Waals surface area contributed by atoms with Crippen LogP contribution in [0.4, 0.5) is 0 Å². The third-order valence-corrected chi connectivity index (χ3v) is 4.67. The molecule has 0 aliphatic carbocycles. The fraction of sp³-hybridized carbons (Fsp3) is 0.250. The van der Waals surface area contributed by atoms with Gasteiger partial charge in [0.25, 0.3) is 0 Å². The summed E-state index contributed by atoms with van der Waals surface area (Å²) in [5.41, 5.74) is 2.33. The standard InChI is InChI=1S/C16H14BrCl3/c17-14-5-4-13(16(20)9-14)7-12(10-18)6-11-2-1-3-15(19)8-11/h1-5,8-9,12H,6-7,10H2. The predicted octanol–water partition coefficient (Wildman–Crippen LogP) is 6.40. The lowest BCUT2D eigenvalue weighted by Gasteiger charge is -2.15. The summed E-state index contributed by atoms with van der Waals surface area (Å²) in [6.45, 7) is 0. The highest BCUT2D eigenvalue weighted by Crippen LogP contribution is 2.26. The fourth-order valence-electron chi connectivity index (χ4n) is 2.18. The van der Waals surface area contributed by atoms with Crippen LogP contribution in [0, 0.1) is 5.92 Å². The molecule has 0 aliphatic heterocycles. The second-order valence-electron chi connectivity index (χ2n) is 4.79. The number of halogens is 4. The SMILES string of the molecule is ClCC(Cc1cccc(Cl)c1)Cc1ccc(Br)cc1Cl. The molecule has 20 heavy (non-hydrogen) atoms. The van der Waals surface area contributed by atoms with Crippen LogP contribution in [0.5, 0.6) is 0 Å². The van der Waals surface area contributed by atoms with Gasteiger partial charge in [0.05, 0.1) is 0 Å². The van der Waals surface area contributed by atoms with Crippen molar-refractivity contribution in [3.63, 3.8) is 0 Å². The van der Waals surface area contributed by atoms with Crippen molar-refractivity contribution in [1.82, 2.24) is 0 Å². The summed E-state index contributed by atoms with van der Waals surface area (Å²) in [6.07, 6.45) is 1.76. The lowest BCUT2D eigenvalue weighted by atomic mass is 9.94. The molecule has 0 aromatic heterocycles. The second-order valence-corrected chi connectivity index (χ2v) is 6.86. The molecule has 4 heteroatoms. The number of rotatable bonds is 5. The molecule has 0 saturated heterocycles. The van der Waals surface area contributed by atoms with E-state index in [1.807, 2.05) is 36.4 Å². The van der Waals surface area contributed by atoms with Crippen LogP contribution in [0.15, 0.2) is 46.9 Å². The van der Waals surface area contributed by atoms with Gasteiger partial charge in [-0.1, -0.05) is 57.3 Å². The maximum atomic E-state index is 6.26. The van der Waals surface area contributed by atoms with E-state index in [9.17, 15) is 0 Å². The first kappa shape index (κ1) is 16.2. The van der Waals surface area contributed by atoms with Crippen LogP contribution in [-0.4, -0.2) is 5.88 Å². The first-order valence-electron chi connectivity index (χ1n) is 6.33. The molecule has 2 rings (SSSR count). The predicted molar refractivity (Wildman–Crippen MR) is 92.2 cm³/mol. The van der Waals surface area contributed by atoms with Gasteiger partial charge in [0, 0.05) is 20.4 Å². The summed E-state index contributed by atoms with van der Waals surface area (Å²) in [5.74, 6) is 0.938. The monoisotopic (exact) mass is 390 g/mol. The van der Waals surface area contributed by atoms with Gasteiger partial charge in [0.2, 0.25) is 0 Å². The Morgan fingerprint density at radius 1 is 1.00 bits per heavy atom. The maximum absolute atomic E-state index is 6.26. The van der Waals surface area contributed by atoms with Crippen LogP contribution >= 0.6 is 50.7 Å². The highest BCUT2D eigenvalue weighted by Gasteiger charge is 2.12. The van der Waals surface area contributed by atoms with Gasteiger partial charge in [-0.25, -0.2) is 0 Å². The molecule has 106 valence electrons. The zero-order chi connectivity index (χ0) is 14.5. The summed E-state index contributed by atoms with van der Waals surface area (Å²) < 4.78 is 0.989. The van der Waals surface area contributed by atoms with Crippen molar-refractivity contribution in [2.75, 3.05) is 5.88 Å². The Bertz CT molecular complexity index is 584. The highest BCUT2D eigenvalue weighted by atomic mass is 79.9. The van der Waals surface area contributed by atoms with Gasteiger partial charge in [-0.05, 0) is 54.2 Å². The van der Waals surface area contributed by atoms with E-state index < -0.39 is 0 Å². The number of hydrogen-bond donors (Lipinski definition) is 0. The molecule has 0 nitrogen and oxygen atoms in total. The van der Waals surface area contributed by atoms with Crippen LogP contribution in [0.25, 0.3) is 0 Å². The van der Waals surface area contributed by atoms with Crippen LogP contribution in [0.2, 0.25) is 10.0 Å². The maximum Gasteiger partial charge on any atom is 0.0449 e. The Hall–Kier alpha value is -0.210. The van der Waals surface area contributed by atoms with E-state index in [-0.39, 0.29) is 0 Å². The second kappa shape index (κ2) is 7.70. The van der Waals surface area contributed by atoms with E-state index in [4.69, 9.17) is 34.8 Å². The summed E-state index contributed by atoms with van der Waals surface area (Å²) in [7, 11) is 0. The van der Waals surface area contributed by atoms with E-state index in [1.54, 1.807) is 0 Å². The lowest BCUT2D eigenvalue weighted by molar-refractivity contribution is 0.584. The van der Waals surface area contributed by atoms with Gasteiger partial charge in [-0.2, -0.15) is 0 Å². The van der Waals surface area contributed by atoms with Crippen molar-refractivity contribution in [3.8, 4) is 0 Å². The summed E-state index contributed by atoms with van der Waals surface area (Å²) >= 11 is 21.8. The average Bonchev–Trinajstić information content (AvgIpc) is 2.41. The minimum atomic E-state index is 0.341. The first-order chi connectivity index (χ1) is 9.58. The van der Waals surface area contributed by atoms with Gasteiger partial charge in [-0.3, -0.25) is 0 Å². The van der Waals surface area contributed by atoms with Gasteiger partial charge < -0.3 is 0 Å². The largest absolute Gasteiger partial charge is 0.126 e. The molecule has 0 amide bonds. The van der Waals surface area contributed by atoms with E-state index in [0.717, 1.165) is 32.9 Å².